The van der Waals surface area contributed by atoms with Crippen molar-refractivity contribution in [2.75, 3.05) is 11.9 Å². The third-order valence-corrected chi connectivity index (χ3v) is 3.65. The summed E-state index contributed by atoms with van der Waals surface area (Å²) in [4.78, 5) is 8.70. The highest BCUT2D eigenvalue weighted by molar-refractivity contribution is 5.47. The van der Waals surface area contributed by atoms with Crippen LogP contribution in [0, 0.1) is 5.92 Å². The van der Waals surface area contributed by atoms with Gasteiger partial charge in [-0.1, -0.05) is 12.8 Å². The second-order valence-electron chi connectivity index (χ2n) is 5.01. The standard InChI is InChI=1S/C13H19N3/c1-4-11-12(5-1)15-9-16-13(11)14-8-2-3-10-6-7-10/h9-10H,1-8H2,(H,14,15,16). The maximum absolute atomic E-state index is 4.36. The van der Waals surface area contributed by atoms with Crippen molar-refractivity contribution in [3.8, 4) is 0 Å². The first-order chi connectivity index (χ1) is 7.93. The summed E-state index contributed by atoms with van der Waals surface area (Å²) in [5.41, 5.74) is 2.63. The summed E-state index contributed by atoms with van der Waals surface area (Å²) in [6.07, 6.45) is 10.8. The van der Waals surface area contributed by atoms with Gasteiger partial charge in [0.25, 0.3) is 0 Å². The van der Waals surface area contributed by atoms with Crippen molar-refractivity contribution >= 4 is 5.82 Å². The molecule has 3 nitrogen and oxygen atoms in total. The van der Waals surface area contributed by atoms with E-state index in [4.69, 9.17) is 0 Å². The summed E-state index contributed by atoms with van der Waals surface area (Å²) < 4.78 is 0. The Kier molecular flexibility index (Phi) is 2.77. The number of fused-ring (bicyclic) bond motifs is 1. The molecule has 1 fully saturated rings. The maximum Gasteiger partial charge on any atom is 0.132 e. The first kappa shape index (κ1) is 10.1. The smallest absolute Gasteiger partial charge is 0.132 e. The van der Waals surface area contributed by atoms with E-state index in [1.165, 1.54) is 43.4 Å². The molecule has 1 aromatic rings. The molecule has 0 saturated heterocycles. The number of aromatic nitrogens is 2. The molecular formula is C13H19N3. The first-order valence-electron chi connectivity index (χ1n) is 6.50. The van der Waals surface area contributed by atoms with Crippen LogP contribution in [0.15, 0.2) is 6.33 Å². The number of hydrogen-bond acceptors (Lipinski definition) is 3. The van der Waals surface area contributed by atoms with E-state index in [9.17, 15) is 0 Å². The number of hydrogen-bond donors (Lipinski definition) is 1. The van der Waals surface area contributed by atoms with Gasteiger partial charge in [0.15, 0.2) is 0 Å². The summed E-state index contributed by atoms with van der Waals surface area (Å²) in [5.74, 6) is 2.14. The number of rotatable bonds is 5. The van der Waals surface area contributed by atoms with Crippen LogP contribution in [-0.4, -0.2) is 16.5 Å². The van der Waals surface area contributed by atoms with Gasteiger partial charge in [-0.05, 0) is 38.0 Å². The number of nitrogens with one attached hydrogen (secondary N) is 1. The average Bonchev–Trinajstić information content (AvgIpc) is 3.00. The highest BCUT2D eigenvalue weighted by atomic mass is 15.0. The number of anilines is 1. The summed E-state index contributed by atoms with van der Waals surface area (Å²) in [6.45, 7) is 1.07. The number of aryl methyl sites for hydroxylation is 1. The van der Waals surface area contributed by atoms with Gasteiger partial charge in [-0.15, -0.1) is 0 Å². The normalized spacial score (nSPS) is 18.5. The van der Waals surface area contributed by atoms with Gasteiger partial charge in [0.2, 0.25) is 0 Å². The largest absolute Gasteiger partial charge is 0.370 e. The van der Waals surface area contributed by atoms with Gasteiger partial charge in [-0.2, -0.15) is 0 Å². The van der Waals surface area contributed by atoms with Crippen LogP contribution in [0.2, 0.25) is 0 Å². The SMILES string of the molecule is c1nc2c(c(NCCCC3CC3)n1)CCC2. The molecule has 0 aromatic carbocycles. The molecule has 0 atom stereocenters. The maximum atomic E-state index is 4.36. The predicted molar refractivity (Wildman–Crippen MR) is 64.5 cm³/mol. The quantitative estimate of drug-likeness (QED) is 0.770. The van der Waals surface area contributed by atoms with Crippen molar-refractivity contribution < 1.29 is 0 Å². The Labute approximate surface area is 96.7 Å². The zero-order chi connectivity index (χ0) is 10.8. The second-order valence-corrected chi connectivity index (χ2v) is 5.01. The van der Waals surface area contributed by atoms with Crippen LogP contribution in [0.1, 0.15) is 43.4 Å². The van der Waals surface area contributed by atoms with E-state index in [1.54, 1.807) is 6.33 Å². The Morgan fingerprint density at radius 1 is 1.25 bits per heavy atom. The second kappa shape index (κ2) is 4.40. The molecule has 1 saturated carbocycles. The molecule has 0 spiro atoms. The summed E-state index contributed by atoms with van der Waals surface area (Å²) in [5, 5.41) is 3.48. The lowest BCUT2D eigenvalue weighted by atomic mass is 10.2. The van der Waals surface area contributed by atoms with E-state index in [0.29, 0.717) is 0 Å². The van der Waals surface area contributed by atoms with Gasteiger partial charge < -0.3 is 5.32 Å². The molecule has 2 aliphatic carbocycles. The van der Waals surface area contributed by atoms with E-state index in [0.717, 1.165) is 31.1 Å². The lowest BCUT2D eigenvalue weighted by Crippen LogP contribution is -2.07. The average molecular weight is 217 g/mol. The number of nitrogens with zero attached hydrogens (tertiary/aromatic N) is 2. The molecule has 0 unspecified atom stereocenters. The van der Waals surface area contributed by atoms with E-state index in [-0.39, 0.29) is 0 Å². The summed E-state index contributed by atoms with van der Waals surface area (Å²) in [7, 11) is 0. The minimum Gasteiger partial charge on any atom is -0.370 e. The van der Waals surface area contributed by atoms with Crippen LogP contribution in [0.4, 0.5) is 5.82 Å². The fourth-order valence-corrected chi connectivity index (χ4v) is 2.52. The van der Waals surface area contributed by atoms with E-state index < -0.39 is 0 Å². The molecular weight excluding hydrogens is 198 g/mol. The van der Waals surface area contributed by atoms with Crippen LogP contribution < -0.4 is 5.32 Å². The molecule has 0 bridgehead atoms. The molecule has 1 aromatic heterocycles. The molecule has 3 rings (SSSR count). The molecule has 1 N–H and O–H groups in total. The molecule has 86 valence electrons. The van der Waals surface area contributed by atoms with E-state index >= 15 is 0 Å². The lowest BCUT2D eigenvalue weighted by molar-refractivity contribution is 0.686. The molecule has 3 heteroatoms. The minimum atomic E-state index is 1.04. The fourth-order valence-electron chi connectivity index (χ4n) is 2.52. The van der Waals surface area contributed by atoms with Crippen LogP contribution in [0.25, 0.3) is 0 Å². The van der Waals surface area contributed by atoms with Gasteiger partial charge in [-0.25, -0.2) is 9.97 Å². The highest BCUT2D eigenvalue weighted by Crippen LogP contribution is 2.33. The van der Waals surface area contributed by atoms with E-state index in [1.807, 2.05) is 0 Å². The molecule has 0 aliphatic heterocycles. The Balaban J connectivity index is 1.55. The van der Waals surface area contributed by atoms with Crippen LogP contribution in [0.3, 0.4) is 0 Å². The van der Waals surface area contributed by atoms with Gasteiger partial charge >= 0.3 is 0 Å². The fraction of sp³-hybridized carbons (Fsp3) is 0.692. The molecule has 1 heterocycles. The van der Waals surface area contributed by atoms with E-state index in [2.05, 4.69) is 15.3 Å². The third kappa shape index (κ3) is 2.18. The summed E-state index contributed by atoms with van der Waals surface area (Å²) >= 11 is 0. The molecule has 0 amide bonds. The van der Waals surface area contributed by atoms with Crippen molar-refractivity contribution in [2.45, 2.75) is 44.9 Å². The monoisotopic (exact) mass is 217 g/mol. The van der Waals surface area contributed by atoms with Gasteiger partial charge in [0.05, 0.1) is 0 Å². The third-order valence-electron chi connectivity index (χ3n) is 3.65. The molecule has 16 heavy (non-hydrogen) atoms. The van der Waals surface area contributed by atoms with Gasteiger partial charge in [-0.3, -0.25) is 0 Å². The zero-order valence-electron chi connectivity index (χ0n) is 9.71. The Hall–Kier alpha value is -1.12. The molecule has 2 aliphatic rings. The Bertz CT molecular complexity index is 371. The van der Waals surface area contributed by atoms with Crippen LogP contribution in [0.5, 0.6) is 0 Å². The Morgan fingerprint density at radius 2 is 2.19 bits per heavy atom. The lowest BCUT2D eigenvalue weighted by Gasteiger charge is -2.08. The van der Waals surface area contributed by atoms with Crippen molar-refractivity contribution in [2.24, 2.45) is 5.92 Å². The van der Waals surface area contributed by atoms with Crippen molar-refractivity contribution in [1.82, 2.24) is 9.97 Å². The van der Waals surface area contributed by atoms with Gasteiger partial charge in [0.1, 0.15) is 12.1 Å². The first-order valence-corrected chi connectivity index (χ1v) is 6.50. The van der Waals surface area contributed by atoms with Crippen LogP contribution in [-0.2, 0) is 12.8 Å². The predicted octanol–water partition coefficient (Wildman–Crippen LogP) is 2.57. The zero-order valence-corrected chi connectivity index (χ0v) is 9.71. The highest BCUT2D eigenvalue weighted by Gasteiger charge is 2.20. The van der Waals surface area contributed by atoms with Crippen molar-refractivity contribution in [3.63, 3.8) is 0 Å². The Morgan fingerprint density at radius 3 is 3.06 bits per heavy atom. The topological polar surface area (TPSA) is 37.8 Å². The summed E-state index contributed by atoms with van der Waals surface area (Å²) in [6, 6.07) is 0. The van der Waals surface area contributed by atoms with Gasteiger partial charge in [0, 0.05) is 17.8 Å². The van der Waals surface area contributed by atoms with Crippen LogP contribution >= 0.6 is 0 Å². The minimum absolute atomic E-state index is 1.04. The van der Waals surface area contributed by atoms with Crippen molar-refractivity contribution in [3.05, 3.63) is 17.6 Å². The van der Waals surface area contributed by atoms with Crippen molar-refractivity contribution in [1.29, 1.82) is 0 Å². The molecule has 0 radical (unpaired) electrons.